The van der Waals surface area contributed by atoms with Crippen molar-refractivity contribution in [3.63, 3.8) is 0 Å². The fourth-order valence-corrected chi connectivity index (χ4v) is 4.82. The standard InChI is InChI=1S/C22H15BO2S/c1-11-12(2)25-17-10-19-22(14-5-3-4-6-18(14)26-19)21(20(11)17)13-7-8-16(24)15(23)9-13/h3-10,24H,1-2H3/i8D. The topological polar surface area (TPSA) is 33.4 Å². The van der Waals surface area contributed by atoms with E-state index in [0.29, 0.717) is 0 Å². The molecule has 124 valence electrons. The highest BCUT2D eigenvalue weighted by Crippen LogP contribution is 2.46. The summed E-state index contributed by atoms with van der Waals surface area (Å²) in [7, 11) is 5.99. The first kappa shape index (κ1) is 14.5. The molecule has 5 rings (SSSR count). The lowest BCUT2D eigenvalue weighted by molar-refractivity contribution is 0.479. The summed E-state index contributed by atoms with van der Waals surface area (Å²) in [5.41, 5.74) is 3.94. The van der Waals surface area contributed by atoms with Crippen LogP contribution in [0.2, 0.25) is 0 Å². The summed E-state index contributed by atoms with van der Waals surface area (Å²) in [4.78, 5) is 0. The van der Waals surface area contributed by atoms with Gasteiger partial charge in [-0.05, 0) is 43.1 Å². The predicted molar refractivity (Wildman–Crippen MR) is 111 cm³/mol. The van der Waals surface area contributed by atoms with Gasteiger partial charge in [-0.1, -0.05) is 35.8 Å². The second kappa shape index (κ2) is 5.39. The van der Waals surface area contributed by atoms with E-state index in [1.54, 1.807) is 23.5 Å². The Morgan fingerprint density at radius 3 is 2.69 bits per heavy atom. The minimum absolute atomic E-state index is 0.0209. The van der Waals surface area contributed by atoms with Gasteiger partial charge in [0.25, 0.3) is 0 Å². The molecule has 0 atom stereocenters. The molecule has 2 nitrogen and oxygen atoms in total. The van der Waals surface area contributed by atoms with E-state index in [-0.39, 0.29) is 17.3 Å². The van der Waals surface area contributed by atoms with Crippen molar-refractivity contribution in [2.24, 2.45) is 0 Å². The molecule has 2 heterocycles. The van der Waals surface area contributed by atoms with E-state index >= 15 is 0 Å². The molecule has 0 amide bonds. The van der Waals surface area contributed by atoms with Crippen LogP contribution in [0.5, 0.6) is 5.75 Å². The molecule has 1 N–H and O–H groups in total. The van der Waals surface area contributed by atoms with Crippen LogP contribution in [0.25, 0.3) is 42.3 Å². The van der Waals surface area contributed by atoms with Crippen molar-refractivity contribution in [1.82, 2.24) is 0 Å². The van der Waals surface area contributed by atoms with Gasteiger partial charge in [0.2, 0.25) is 0 Å². The molecule has 0 unspecified atom stereocenters. The summed E-state index contributed by atoms with van der Waals surface area (Å²) in [5.74, 6) is 0.698. The van der Waals surface area contributed by atoms with Gasteiger partial charge in [-0.3, -0.25) is 0 Å². The molecule has 0 saturated carbocycles. The van der Waals surface area contributed by atoms with Gasteiger partial charge in [-0.15, -0.1) is 11.3 Å². The Morgan fingerprint density at radius 1 is 1.08 bits per heavy atom. The molecule has 0 bridgehead atoms. The number of fused-ring (bicyclic) bond motifs is 4. The lowest BCUT2D eigenvalue weighted by Gasteiger charge is -2.10. The highest BCUT2D eigenvalue weighted by atomic mass is 32.1. The maximum Gasteiger partial charge on any atom is 0.136 e. The van der Waals surface area contributed by atoms with Gasteiger partial charge in [-0.2, -0.15) is 0 Å². The van der Waals surface area contributed by atoms with E-state index in [1.807, 2.05) is 19.1 Å². The van der Waals surface area contributed by atoms with Crippen molar-refractivity contribution < 1.29 is 10.9 Å². The van der Waals surface area contributed by atoms with Crippen LogP contribution in [0.15, 0.2) is 52.9 Å². The summed E-state index contributed by atoms with van der Waals surface area (Å²) in [6, 6.07) is 13.9. The molecule has 2 aromatic heterocycles. The molecule has 0 aliphatic rings. The fourth-order valence-electron chi connectivity index (χ4n) is 3.67. The number of rotatable bonds is 1. The average Bonchev–Trinajstić information content (AvgIpc) is 3.14. The normalized spacial score (nSPS) is 12.3. The van der Waals surface area contributed by atoms with Crippen LogP contribution in [-0.2, 0) is 0 Å². The van der Waals surface area contributed by atoms with Crippen LogP contribution < -0.4 is 5.46 Å². The Balaban J connectivity index is 2.06. The van der Waals surface area contributed by atoms with Crippen molar-refractivity contribution in [3.8, 4) is 16.9 Å². The van der Waals surface area contributed by atoms with Crippen LogP contribution in [0, 0.1) is 13.8 Å². The van der Waals surface area contributed by atoms with Gasteiger partial charge >= 0.3 is 0 Å². The number of hydrogen-bond acceptors (Lipinski definition) is 3. The zero-order chi connectivity index (χ0) is 18.9. The Hall–Kier alpha value is -2.72. The number of aryl methyl sites for hydroxylation is 2. The minimum atomic E-state index is -0.183. The fraction of sp³-hybridized carbons (Fsp3) is 0.0909. The summed E-state index contributed by atoms with van der Waals surface area (Å²) in [5, 5.41) is 13.3. The third-order valence-electron chi connectivity index (χ3n) is 5.03. The van der Waals surface area contributed by atoms with Gasteiger partial charge in [0.15, 0.2) is 0 Å². The van der Waals surface area contributed by atoms with Crippen molar-refractivity contribution >= 4 is 55.8 Å². The maximum atomic E-state index is 9.97. The van der Waals surface area contributed by atoms with Crippen molar-refractivity contribution in [2.45, 2.75) is 13.8 Å². The molecule has 0 aliphatic carbocycles. The monoisotopic (exact) mass is 355 g/mol. The molecule has 2 radical (unpaired) electrons. The van der Waals surface area contributed by atoms with Crippen LogP contribution in [0.4, 0.5) is 0 Å². The lowest BCUT2D eigenvalue weighted by atomic mass is 9.88. The molecule has 3 aromatic carbocycles. The Labute approximate surface area is 157 Å². The second-order valence-electron chi connectivity index (χ2n) is 6.57. The number of benzene rings is 3. The van der Waals surface area contributed by atoms with E-state index in [2.05, 4.69) is 25.1 Å². The Kier molecular flexibility index (Phi) is 3.00. The van der Waals surface area contributed by atoms with E-state index in [0.717, 1.165) is 43.5 Å². The lowest BCUT2D eigenvalue weighted by Crippen LogP contribution is -2.02. The maximum absolute atomic E-state index is 9.97. The average molecular weight is 355 g/mol. The second-order valence-corrected chi connectivity index (χ2v) is 7.66. The van der Waals surface area contributed by atoms with Gasteiger partial charge < -0.3 is 9.52 Å². The minimum Gasteiger partial charge on any atom is -0.509 e. The quantitative estimate of drug-likeness (QED) is 0.398. The van der Waals surface area contributed by atoms with Gasteiger partial charge in [0.05, 0.1) is 1.37 Å². The first-order valence-corrected chi connectivity index (χ1v) is 9.20. The molecular weight excluding hydrogens is 339 g/mol. The third kappa shape index (κ3) is 2.05. The van der Waals surface area contributed by atoms with Crippen LogP contribution >= 0.6 is 11.3 Å². The number of phenols is 1. The summed E-state index contributed by atoms with van der Waals surface area (Å²) in [6.07, 6.45) is 0. The smallest absolute Gasteiger partial charge is 0.136 e. The third-order valence-corrected chi connectivity index (χ3v) is 6.15. The van der Waals surface area contributed by atoms with Crippen molar-refractivity contribution in [1.29, 1.82) is 0 Å². The number of phenolic OH excluding ortho intramolecular Hbond substituents is 1. The number of furan rings is 1. The summed E-state index contributed by atoms with van der Waals surface area (Å²) < 4.78 is 16.5. The summed E-state index contributed by atoms with van der Waals surface area (Å²) >= 11 is 1.72. The largest absolute Gasteiger partial charge is 0.509 e. The van der Waals surface area contributed by atoms with Gasteiger partial charge in [0, 0.05) is 31.1 Å². The molecule has 0 spiro atoms. The molecule has 0 saturated heterocycles. The Morgan fingerprint density at radius 2 is 1.88 bits per heavy atom. The predicted octanol–water partition coefficient (Wildman–Crippen LogP) is 5.58. The van der Waals surface area contributed by atoms with E-state index in [4.69, 9.17) is 13.6 Å². The van der Waals surface area contributed by atoms with Crippen LogP contribution in [0.1, 0.15) is 12.7 Å². The van der Waals surface area contributed by atoms with Crippen molar-refractivity contribution in [3.05, 3.63) is 59.8 Å². The highest BCUT2D eigenvalue weighted by Gasteiger charge is 2.20. The molecule has 5 aromatic rings. The number of hydrogen-bond donors (Lipinski definition) is 1. The molecule has 26 heavy (non-hydrogen) atoms. The van der Waals surface area contributed by atoms with Gasteiger partial charge in [0.1, 0.15) is 24.9 Å². The highest BCUT2D eigenvalue weighted by molar-refractivity contribution is 7.26. The van der Waals surface area contributed by atoms with E-state index in [9.17, 15) is 5.11 Å². The molecule has 0 fully saturated rings. The zero-order valence-corrected chi connectivity index (χ0v) is 15.2. The first-order chi connectivity index (χ1) is 13.0. The van der Waals surface area contributed by atoms with E-state index in [1.165, 1.54) is 10.1 Å². The van der Waals surface area contributed by atoms with Crippen molar-refractivity contribution in [2.75, 3.05) is 0 Å². The van der Waals surface area contributed by atoms with E-state index < -0.39 is 0 Å². The molecule has 0 aliphatic heterocycles. The van der Waals surface area contributed by atoms with Gasteiger partial charge in [-0.25, -0.2) is 0 Å². The number of aromatic hydroxyl groups is 1. The first-order valence-electron chi connectivity index (χ1n) is 8.89. The molecule has 4 heteroatoms. The van der Waals surface area contributed by atoms with Crippen LogP contribution in [-0.4, -0.2) is 13.0 Å². The summed E-state index contributed by atoms with van der Waals surface area (Å²) in [6.45, 7) is 4.02. The SMILES string of the molecule is [2H]c1cc(-c2c3c(C)c(C)oc3cc3sc4ccccc4c23)cc([B])c1O. The number of thiophene rings is 1. The molecular formula is C22H15BO2S. The van der Waals surface area contributed by atoms with Crippen LogP contribution in [0.3, 0.4) is 0 Å². The Bertz CT molecular complexity index is 1360. The zero-order valence-electron chi connectivity index (χ0n) is 15.4.